The van der Waals surface area contributed by atoms with Crippen molar-refractivity contribution in [3.05, 3.63) is 34.3 Å². The topological polar surface area (TPSA) is 47.6 Å². The van der Waals surface area contributed by atoms with Crippen molar-refractivity contribution < 1.29 is 14.3 Å². The van der Waals surface area contributed by atoms with E-state index in [1.165, 1.54) is 6.42 Å². The first-order valence-electron chi connectivity index (χ1n) is 7.52. The van der Waals surface area contributed by atoms with Gasteiger partial charge in [-0.3, -0.25) is 4.79 Å². The molecule has 4 nitrogen and oxygen atoms in total. The summed E-state index contributed by atoms with van der Waals surface area (Å²) in [6, 6.07) is 7.36. The number of hydrogen-bond donors (Lipinski definition) is 1. The normalized spacial score (nSPS) is 24.1. The Labute approximate surface area is 133 Å². The molecule has 3 rings (SSSR count). The average molecular weight is 354 g/mol. The van der Waals surface area contributed by atoms with Crippen molar-refractivity contribution >= 4 is 21.8 Å². The highest BCUT2D eigenvalue weighted by atomic mass is 79.9. The zero-order chi connectivity index (χ0) is 14.7. The van der Waals surface area contributed by atoms with E-state index in [9.17, 15) is 4.79 Å². The third kappa shape index (κ3) is 3.65. The van der Waals surface area contributed by atoms with Crippen LogP contribution in [0.5, 0.6) is 0 Å². The second-order valence-corrected chi connectivity index (χ2v) is 6.66. The number of halogens is 1. The molecule has 1 atom stereocenters. The van der Waals surface area contributed by atoms with Crippen LogP contribution in [0.4, 0.5) is 0 Å². The van der Waals surface area contributed by atoms with E-state index < -0.39 is 0 Å². The summed E-state index contributed by atoms with van der Waals surface area (Å²) in [5.41, 5.74) is 0.649. The zero-order valence-electron chi connectivity index (χ0n) is 11.9. The van der Waals surface area contributed by atoms with Crippen LogP contribution in [-0.4, -0.2) is 30.9 Å². The van der Waals surface area contributed by atoms with Crippen molar-refractivity contribution in [3.8, 4) is 0 Å². The zero-order valence-corrected chi connectivity index (χ0v) is 13.5. The first kappa shape index (κ1) is 15.0. The minimum absolute atomic E-state index is 0.0424. The molecule has 1 spiro atoms. The standard InChI is InChI=1S/C16H20BrNO3/c17-13-6-4-5-12(9-13)15(19)18-10-14-11-20-16(21-14)7-2-1-3-8-16/h4-6,9,14H,1-3,7-8,10-11H2,(H,18,19). The summed E-state index contributed by atoms with van der Waals surface area (Å²) < 4.78 is 12.8. The van der Waals surface area contributed by atoms with E-state index in [0.717, 1.165) is 30.2 Å². The lowest BCUT2D eigenvalue weighted by Crippen LogP contribution is -2.37. The first-order chi connectivity index (χ1) is 10.2. The molecule has 1 heterocycles. The van der Waals surface area contributed by atoms with E-state index in [1.54, 1.807) is 6.07 Å². The number of ether oxygens (including phenoxy) is 2. The lowest BCUT2D eigenvalue weighted by Gasteiger charge is -2.31. The molecule has 1 aromatic carbocycles. The van der Waals surface area contributed by atoms with Crippen molar-refractivity contribution in [2.45, 2.75) is 44.0 Å². The van der Waals surface area contributed by atoms with E-state index in [-0.39, 0.29) is 17.8 Å². The van der Waals surface area contributed by atoms with Gasteiger partial charge in [0.1, 0.15) is 6.10 Å². The summed E-state index contributed by atoms with van der Waals surface area (Å²) in [5, 5.41) is 2.93. The second kappa shape index (κ2) is 6.46. The Balaban J connectivity index is 1.51. The van der Waals surface area contributed by atoms with Crippen LogP contribution in [0.2, 0.25) is 0 Å². The second-order valence-electron chi connectivity index (χ2n) is 5.74. The fraction of sp³-hybridized carbons (Fsp3) is 0.562. The number of carbonyl (C=O) groups is 1. The Hall–Kier alpha value is -0.910. The summed E-state index contributed by atoms with van der Waals surface area (Å²) in [5.74, 6) is -0.451. The number of amides is 1. The largest absolute Gasteiger partial charge is 0.349 e. The molecule has 1 aromatic rings. The maximum Gasteiger partial charge on any atom is 0.251 e. The molecule has 1 saturated carbocycles. The maximum absolute atomic E-state index is 12.1. The number of rotatable bonds is 3. The molecule has 0 bridgehead atoms. The van der Waals surface area contributed by atoms with Crippen molar-refractivity contribution in [1.29, 1.82) is 0 Å². The lowest BCUT2D eigenvalue weighted by molar-refractivity contribution is -0.186. The predicted octanol–water partition coefficient (Wildman–Crippen LogP) is 3.25. The Morgan fingerprint density at radius 3 is 2.90 bits per heavy atom. The van der Waals surface area contributed by atoms with Gasteiger partial charge in [-0.25, -0.2) is 0 Å². The van der Waals surface area contributed by atoms with Crippen LogP contribution < -0.4 is 5.32 Å². The molecule has 21 heavy (non-hydrogen) atoms. The van der Waals surface area contributed by atoms with Crippen LogP contribution in [0, 0.1) is 0 Å². The van der Waals surface area contributed by atoms with E-state index in [4.69, 9.17) is 9.47 Å². The van der Waals surface area contributed by atoms with Gasteiger partial charge in [0.05, 0.1) is 6.61 Å². The molecular formula is C16H20BrNO3. The lowest BCUT2D eigenvalue weighted by atomic mass is 9.94. The monoisotopic (exact) mass is 353 g/mol. The number of benzene rings is 1. The molecular weight excluding hydrogens is 334 g/mol. The summed E-state index contributed by atoms with van der Waals surface area (Å²) in [4.78, 5) is 12.1. The third-order valence-corrected chi connectivity index (χ3v) is 4.60. The Morgan fingerprint density at radius 2 is 2.14 bits per heavy atom. The van der Waals surface area contributed by atoms with E-state index in [1.807, 2.05) is 18.2 Å². The Bertz CT molecular complexity index is 514. The molecule has 114 valence electrons. The SMILES string of the molecule is O=C(NCC1COC2(CCCCC2)O1)c1cccc(Br)c1. The Morgan fingerprint density at radius 1 is 1.33 bits per heavy atom. The fourth-order valence-corrected chi connectivity index (χ4v) is 3.41. The van der Waals surface area contributed by atoms with Gasteiger partial charge in [-0.15, -0.1) is 0 Å². The molecule has 5 heteroatoms. The van der Waals surface area contributed by atoms with Gasteiger partial charge in [-0.05, 0) is 31.0 Å². The van der Waals surface area contributed by atoms with Crippen molar-refractivity contribution in [2.75, 3.05) is 13.2 Å². The molecule has 1 amide bonds. The van der Waals surface area contributed by atoms with Gasteiger partial charge >= 0.3 is 0 Å². The predicted molar refractivity (Wildman–Crippen MR) is 83.1 cm³/mol. The van der Waals surface area contributed by atoms with Gasteiger partial charge in [0.2, 0.25) is 0 Å². The molecule has 1 aliphatic carbocycles. The van der Waals surface area contributed by atoms with Gasteiger partial charge in [0, 0.05) is 29.4 Å². The fourth-order valence-electron chi connectivity index (χ4n) is 3.01. The van der Waals surface area contributed by atoms with Crippen molar-refractivity contribution in [1.82, 2.24) is 5.32 Å². The van der Waals surface area contributed by atoms with Crippen LogP contribution in [0.25, 0.3) is 0 Å². The first-order valence-corrected chi connectivity index (χ1v) is 8.32. The van der Waals surface area contributed by atoms with Crippen LogP contribution in [0.3, 0.4) is 0 Å². The van der Waals surface area contributed by atoms with Gasteiger partial charge < -0.3 is 14.8 Å². The quantitative estimate of drug-likeness (QED) is 0.907. The van der Waals surface area contributed by atoms with E-state index >= 15 is 0 Å². The van der Waals surface area contributed by atoms with Crippen LogP contribution >= 0.6 is 15.9 Å². The van der Waals surface area contributed by atoms with Crippen LogP contribution in [0.15, 0.2) is 28.7 Å². The molecule has 1 N–H and O–H groups in total. The minimum Gasteiger partial charge on any atom is -0.349 e. The smallest absolute Gasteiger partial charge is 0.251 e. The van der Waals surface area contributed by atoms with Crippen LogP contribution in [0.1, 0.15) is 42.5 Å². The van der Waals surface area contributed by atoms with Crippen molar-refractivity contribution in [2.24, 2.45) is 0 Å². The van der Waals surface area contributed by atoms with Gasteiger partial charge in [0.25, 0.3) is 5.91 Å². The Kier molecular flexibility index (Phi) is 4.62. The third-order valence-electron chi connectivity index (χ3n) is 4.11. The molecule has 2 fully saturated rings. The summed E-state index contributed by atoms with van der Waals surface area (Å²) >= 11 is 3.37. The minimum atomic E-state index is -0.372. The van der Waals surface area contributed by atoms with E-state index in [0.29, 0.717) is 18.7 Å². The van der Waals surface area contributed by atoms with Gasteiger partial charge in [0.15, 0.2) is 5.79 Å². The van der Waals surface area contributed by atoms with Gasteiger partial charge in [-0.1, -0.05) is 28.4 Å². The van der Waals surface area contributed by atoms with Crippen molar-refractivity contribution in [3.63, 3.8) is 0 Å². The summed E-state index contributed by atoms with van der Waals surface area (Å²) in [6.07, 6.45) is 5.50. The highest BCUT2D eigenvalue weighted by Gasteiger charge is 2.42. The average Bonchev–Trinajstić information content (AvgIpc) is 2.88. The summed E-state index contributed by atoms with van der Waals surface area (Å²) in [6.45, 7) is 1.06. The molecule has 2 aliphatic rings. The number of hydrogen-bond acceptors (Lipinski definition) is 3. The molecule has 1 unspecified atom stereocenters. The summed E-state index contributed by atoms with van der Waals surface area (Å²) in [7, 11) is 0. The molecule has 1 saturated heterocycles. The van der Waals surface area contributed by atoms with Gasteiger partial charge in [-0.2, -0.15) is 0 Å². The maximum atomic E-state index is 12.1. The highest BCUT2D eigenvalue weighted by molar-refractivity contribution is 9.10. The number of nitrogens with one attached hydrogen (secondary N) is 1. The number of carbonyl (C=O) groups excluding carboxylic acids is 1. The molecule has 1 aliphatic heterocycles. The molecule has 0 radical (unpaired) electrons. The van der Waals surface area contributed by atoms with Crippen LogP contribution in [-0.2, 0) is 9.47 Å². The highest BCUT2D eigenvalue weighted by Crippen LogP contribution is 2.37. The van der Waals surface area contributed by atoms with E-state index in [2.05, 4.69) is 21.2 Å². The molecule has 0 aromatic heterocycles.